The molecule has 0 radical (unpaired) electrons. The minimum absolute atomic E-state index is 0.358. The maximum Gasteiger partial charge on any atom is 0.227 e. The summed E-state index contributed by atoms with van der Waals surface area (Å²) in [5.74, 6) is 3.95. The van der Waals surface area contributed by atoms with Crippen molar-refractivity contribution in [1.82, 2.24) is 29.7 Å². The molecule has 0 aliphatic carbocycles. The summed E-state index contributed by atoms with van der Waals surface area (Å²) in [5, 5.41) is 13.2. The highest BCUT2D eigenvalue weighted by Gasteiger charge is 2.39. The van der Waals surface area contributed by atoms with Crippen LogP contribution in [0.25, 0.3) is 10.8 Å². The number of ether oxygens (including phenoxy) is 2. The predicted octanol–water partition coefficient (Wildman–Crippen LogP) is 3.79. The molecule has 0 bridgehead atoms. The lowest BCUT2D eigenvalue weighted by Gasteiger charge is -2.23. The summed E-state index contributed by atoms with van der Waals surface area (Å²) in [4.78, 5) is 16.3. The lowest BCUT2D eigenvalue weighted by molar-refractivity contribution is 0.179. The summed E-state index contributed by atoms with van der Waals surface area (Å²) in [6.07, 6.45) is 8.17. The van der Waals surface area contributed by atoms with Crippen LogP contribution in [0.5, 0.6) is 5.75 Å². The van der Waals surface area contributed by atoms with Gasteiger partial charge in [0, 0.05) is 30.2 Å². The zero-order valence-corrected chi connectivity index (χ0v) is 20.5. The molecule has 1 aromatic carbocycles. The highest BCUT2D eigenvalue weighted by atomic mass is 16.5. The van der Waals surface area contributed by atoms with E-state index in [1.54, 1.807) is 18.9 Å². The molecule has 0 spiro atoms. The highest BCUT2D eigenvalue weighted by Crippen LogP contribution is 2.35. The van der Waals surface area contributed by atoms with Gasteiger partial charge >= 0.3 is 0 Å². The van der Waals surface area contributed by atoms with Crippen molar-refractivity contribution in [2.24, 2.45) is 5.92 Å². The topological polar surface area (TPSA) is 103 Å². The third-order valence-electron chi connectivity index (χ3n) is 7.05. The molecule has 2 aliphatic heterocycles. The first-order valence-corrected chi connectivity index (χ1v) is 12.5. The second kappa shape index (κ2) is 9.69. The molecule has 2 saturated heterocycles. The second-order valence-electron chi connectivity index (χ2n) is 9.68. The third kappa shape index (κ3) is 4.44. The molecule has 4 aromatic rings. The molecule has 3 aromatic heterocycles. The van der Waals surface area contributed by atoms with Crippen LogP contribution >= 0.6 is 0 Å². The van der Waals surface area contributed by atoms with Gasteiger partial charge in [-0.3, -0.25) is 0 Å². The van der Waals surface area contributed by atoms with E-state index in [0.29, 0.717) is 31.0 Å². The van der Waals surface area contributed by atoms with E-state index in [2.05, 4.69) is 51.4 Å². The van der Waals surface area contributed by atoms with Gasteiger partial charge in [-0.1, -0.05) is 19.9 Å². The summed E-state index contributed by atoms with van der Waals surface area (Å²) >= 11 is 0. The molecule has 5 heterocycles. The van der Waals surface area contributed by atoms with E-state index in [-0.39, 0.29) is 0 Å². The fourth-order valence-electron chi connectivity index (χ4n) is 5.15. The number of pyridine rings is 1. The lowest BCUT2D eigenvalue weighted by atomic mass is 9.96. The van der Waals surface area contributed by atoms with Crippen LogP contribution < -0.4 is 15.0 Å². The van der Waals surface area contributed by atoms with Gasteiger partial charge in [-0.2, -0.15) is 4.98 Å². The van der Waals surface area contributed by atoms with Crippen LogP contribution in [0.15, 0.2) is 49.3 Å². The van der Waals surface area contributed by atoms with Crippen molar-refractivity contribution < 1.29 is 9.47 Å². The minimum Gasteiger partial charge on any atom is -0.491 e. The predicted molar refractivity (Wildman–Crippen MR) is 137 cm³/mol. The Bertz CT molecular complexity index is 1340. The monoisotopic (exact) mass is 486 g/mol. The molecule has 10 nitrogen and oxygen atoms in total. The molecule has 1 N–H and O–H groups in total. The summed E-state index contributed by atoms with van der Waals surface area (Å²) < 4.78 is 13.7. The smallest absolute Gasteiger partial charge is 0.227 e. The van der Waals surface area contributed by atoms with E-state index in [0.717, 1.165) is 60.3 Å². The van der Waals surface area contributed by atoms with E-state index >= 15 is 0 Å². The van der Waals surface area contributed by atoms with Gasteiger partial charge < -0.3 is 24.3 Å². The molecule has 6 rings (SSSR count). The van der Waals surface area contributed by atoms with Crippen LogP contribution in [0.4, 0.5) is 17.6 Å². The summed E-state index contributed by atoms with van der Waals surface area (Å²) in [7, 11) is 0. The molecule has 2 aliphatic rings. The standard InChI is InChI=1S/C26H30N8O2/c1-17(2)19-3-4-23(36-10-9-33-15-29-30-16-33)21-12-28-25(11-20(19)21)31-24-5-7-27-26(32-24)34-8-6-18-13-35-14-22(18)34/h3-5,7,11-12,15-18,22H,6,8-10,13-14H2,1-2H3,(H,27,28,31,32)/t18-,22+/m0/s1. The Kier molecular flexibility index (Phi) is 6.10. The zero-order valence-electron chi connectivity index (χ0n) is 20.5. The summed E-state index contributed by atoms with van der Waals surface area (Å²) in [5.41, 5.74) is 1.24. The second-order valence-corrected chi connectivity index (χ2v) is 9.68. The average Bonchev–Trinajstić information content (AvgIpc) is 3.63. The molecule has 36 heavy (non-hydrogen) atoms. The quantitative estimate of drug-likeness (QED) is 0.398. The van der Waals surface area contributed by atoms with E-state index < -0.39 is 0 Å². The Morgan fingerprint density at radius 1 is 1.08 bits per heavy atom. The fraction of sp³-hybridized carbons (Fsp3) is 0.423. The molecular formula is C26H30N8O2. The van der Waals surface area contributed by atoms with Crippen LogP contribution in [-0.2, 0) is 11.3 Å². The number of nitrogens with one attached hydrogen (secondary N) is 1. The number of aromatic nitrogens is 6. The first kappa shape index (κ1) is 22.7. The molecular weight excluding hydrogens is 456 g/mol. The van der Waals surface area contributed by atoms with Crippen molar-refractivity contribution in [2.75, 3.05) is 36.6 Å². The van der Waals surface area contributed by atoms with E-state index in [9.17, 15) is 0 Å². The molecule has 2 fully saturated rings. The van der Waals surface area contributed by atoms with Crippen molar-refractivity contribution >= 4 is 28.4 Å². The Morgan fingerprint density at radius 2 is 1.97 bits per heavy atom. The first-order chi connectivity index (χ1) is 17.7. The highest BCUT2D eigenvalue weighted by molar-refractivity contribution is 5.92. The van der Waals surface area contributed by atoms with E-state index in [4.69, 9.17) is 19.4 Å². The number of hydrogen-bond acceptors (Lipinski definition) is 9. The van der Waals surface area contributed by atoms with Crippen molar-refractivity contribution in [3.63, 3.8) is 0 Å². The van der Waals surface area contributed by atoms with Gasteiger partial charge in [0.2, 0.25) is 5.95 Å². The van der Waals surface area contributed by atoms with Gasteiger partial charge in [0.15, 0.2) is 0 Å². The maximum atomic E-state index is 6.12. The third-order valence-corrected chi connectivity index (χ3v) is 7.05. The molecule has 0 saturated carbocycles. The Balaban J connectivity index is 1.24. The van der Waals surface area contributed by atoms with Gasteiger partial charge in [-0.25, -0.2) is 9.97 Å². The number of hydrogen-bond donors (Lipinski definition) is 1. The van der Waals surface area contributed by atoms with Gasteiger partial charge in [0.05, 0.1) is 25.8 Å². The Hall–Kier alpha value is -3.79. The Morgan fingerprint density at radius 3 is 2.83 bits per heavy atom. The number of rotatable bonds is 8. The summed E-state index contributed by atoms with van der Waals surface area (Å²) in [6.45, 7) is 8.14. The largest absolute Gasteiger partial charge is 0.491 e. The van der Waals surface area contributed by atoms with Gasteiger partial charge in [-0.05, 0) is 41.5 Å². The van der Waals surface area contributed by atoms with Crippen LogP contribution in [0.1, 0.15) is 31.7 Å². The minimum atomic E-state index is 0.358. The normalized spacial score (nSPS) is 19.2. The lowest BCUT2D eigenvalue weighted by Crippen LogP contribution is -2.34. The van der Waals surface area contributed by atoms with E-state index in [1.165, 1.54) is 5.56 Å². The number of nitrogens with zero attached hydrogens (tertiary/aromatic N) is 7. The van der Waals surface area contributed by atoms with Crippen molar-refractivity contribution in [3.05, 3.63) is 54.9 Å². The first-order valence-electron chi connectivity index (χ1n) is 12.5. The van der Waals surface area contributed by atoms with Gasteiger partial charge in [0.25, 0.3) is 0 Å². The van der Waals surface area contributed by atoms with Crippen molar-refractivity contribution in [3.8, 4) is 5.75 Å². The van der Waals surface area contributed by atoms with Gasteiger partial charge in [-0.15, -0.1) is 10.2 Å². The average molecular weight is 487 g/mol. The number of benzene rings is 1. The maximum absolute atomic E-state index is 6.12. The SMILES string of the molecule is CC(C)c1ccc(OCCn2cnnc2)c2cnc(Nc3ccnc(N4CC[C@H]5COC[C@H]54)n3)cc12. The van der Waals surface area contributed by atoms with Crippen LogP contribution in [0.3, 0.4) is 0 Å². The van der Waals surface area contributed by atoms with Crippen LogP contribution in [0, 0.1) is 5.92 Å². The molecule has 2 atom stereocenters. The van der Waals surface area contributed by atoms with Gasteiger partial charge in [0.1, 0.15) is 36.6 Å². The number of anilines is 3. The van der Waals surface area contributed by atoms with Crippen molar-refractivity contribution in [2.45, 2.75) is 38.8 Å². The van der Waals surface area contributed by atoms with E-state index in [1.807, 2.05) is 22.9 Å². The van der Waals surface area contributed by atoms with Crippen LogP contribution in [0.2, 0.25) is 0 Å². The summed E-state index contributed by atoms with van der Waals surface area (Å²) in [6, 6.07) is 8.50. The molecule has 0 amide bonds. The van der Waals surface area contributed by atoms with Crippen molar-refractivity contribution in [1.29, 1.82) is 0 Å². The van der Waals surface area contributed by atoms with Crippen LogP contribution in [-0.4, -0.2) is 62.1 Å². The fourth-order valence-corrected chi connectivity index (χ4v) is 5.15. The molecule has 10 heteroatoms. The molecule has 0 unspecified atom stereocenters. The Labute approximate surface area is 209 Å². The number of fused-ring (bicyclic) bond motifs is 2. The zero-order chi connectivity index (χ0) is 24.5. The molecule has 186 valence electrons.